The van der Waals surface area contributed by atoms with Gasteiger partial charge in [0.05, 0.1) is 15.9 Å². The zero-order chi connectivity index (χ0) is 17.2. The molecule has 1 atom stereocenters. The first-order chi connectivity index (χ1) is 10.8. The van der Waals surface area contributed by atoms with Crippen molar-refractivity contribution < 1.29 is 13.3 Å². The Kier molecular flexibility index (Phi) is 5.02. The molecule has 1 fully saturated rings. The van der Waals surface area contributed by atoms with Crippen molar-refractivity contribution in [3.63, 3.8) is 0 Å². The third-order valence-corrected chi connectivity index (χ3v) is 6.30. The second-order valence-corrected chi connectivity index (χ2v) is 7.67. The number of hydrogen-bond donors (Lipinski definition) is 0. The summed E-state index contributed by atoms with van der Waals surface area (Å²) in [6.45, 7) is 3.53. The van der Waals surface area contributed by atoms with Crippen molar-refractivity contribution in [3.8, 4) is 6.07 Å². The number of nitro groups is 1. The van der Waals surface area contributed by atoms with E-state index < -0.39 is 14.9 Å². The fourth-order valence-corrected chi connectivity index (χ4v) is 4.58. The van der Waals surface area contributed by atoms with Crippen LogP contribution in [0.1, 0.15) is 31.7 Å². The molecule has 23 heavy (non-hydrogen) atoms. The molecular formula is C15H19N3O4S. The Morgan fingerprint density at radius 2 is 2.13 bits per heavy atom. The second-order valence-electron chi connectivity index (χ2n) is 5.81. The molecule has 8 heteroatoms. The molecule has 0 N–H and O–H groups in total. The fraction of sp³-hybridized carbons (Fsp3) is 0.533. The minimum absolute atomic E-state index is 0.0635. The first-order valence-corrected chi connectivity index (χ1v) is 8.87. The van der Waals surface area contributed by atoms with E-state index in [1.807, 2.05) is 13.0 Å². The van der Waals surface area contributed by atoms with Gasteiger partial charge in [-0.1, -0.05) is 0 Å². The molecule has 0 spiro atoms. The van der Waals surface area contributed by atoms with Gasteiger partial charge in [-0.15, -0.1) is 0 Å². The highest BCUT2D eigenvalue weighted by Crippen LogP contribution is 2.37. The lowest BCUT2D eigenvalue weighted by Gasteiger charge is -2.28. The molecule has 0 unspecified atom stereocenters. The number of nitro benzene ring substituents is 1. The summed E-state index contributed by atoms with van der Waals surface area (Å²) in [6.07, 6.45) is 2.08. The van der Waals surface area contributed by atoms with Gasteiger partial charge >= 0.3 is 0 Å². The van der Waals surface area contributed by atoms with E-state index in [9.17, 15) is 18.5 Å². The SMILES string of the molecule is Cc1cc([N+](=O)[O-])ccc1S(=O)(=O)N(CCC#N)[C@@H](C)C1CC1. The lowest BCUT2D eigenvalue weighted by Crippen LogP contribution is -2.40. The van der Waals surface area contributed by atoms with Crippen molar-refractivity contribution >= 4 is 15.7 Å². The standard InChI is InChI=1S/C15H19N3O4S/c1-11-10-14(18(19)20)6-7-15(11)23(21,22)17(9-3-8-16)12(2)13-4-5-13/h6-7,10,12-13H,3-5,9H2,1-2H3/t12-/m0/s1. The van der Waals surface area contributed by atoms with Crippen molar-refractivity contribution in [1.29, 1.82) is 5.26 Å². The molecule has 0 amide bonds. The monoisotopic (exact) mass is 337 g/mol. The van der Waals surface area contributed by atoms with Crippen LogP contribution in [0.15, 0.2) is 23.1 Å². The highest BCUT2D eigenvalue weighted by molar-refractivity contribution is 7.89. The summed E-state index contributed by atoms with van der Waals surface area (Å²) >= 11 is 0. The molecule has 0 saturated heterocycles. The van der Waals surface area contributed by atoms with Crippen LogP contribution < -0.4 is 0 Å². The van der Waals surface area contributed by atoms with Crippen LogP contribution in [0, 0.1) is 34.3 Å². The van der Waals surface area contributed by atoms with E-state index in [2.05, 4.69) is 0 Å². The molecule has 1 aromatic carbocycles. The third-order valence-electron chi connectivity index (χ3n) is 4.16. The molecule has 1 saturated carbocycles. The lowest BCUT2D eigenvalue weighted by molar-refractivity contribution is -0.385. The van der Waals surface area contributed by atoms with Crippen LogP contribution in [-0.2, 0) is 10.0 Å². The number of nitriles is 1. The molecule has 7 nitrogen and oxygen atoms in total. The molecular weight excluding hydrogens is 318 g/mol. The van der Waals surface area contributed by atoms with E-state index in [4.69, 9.17) is 5.26 Å². The van der Waals surface area contributed by atoms with Gasteiger partial charge < -0.3 is 0 Å². The number of sulfonamides is 1. The first kappa shape index (κ1) is 17.4. The Morgan fingerprint density at radius 3 is 2.61 bits per heavy atom. The van der Waals surface area contributed by atoms with Gasteiger partial charge in [-0.3, -0.25) is 10.1 Å². The van der Waals surface area contributed by atoms with Gasteiger partial charge in [0.1, 0.15) is 0 Å². The van der Waals surface area contributed by atoms with Gasteiger partial charge in [-0.25, -0.2) is 8.42 Å². The normalized spacial score (nSPS) is 16.1. The van der Waals surface area contributed by atoms with Gasteiger partial charge in [0.2, 0.25) is 10.0 Å². The van der Waals surface area contributed by atoms with Crippen LogP contribution >= 0.6 is 0 Å². The summed E-state index contributed by atoms with van der Waals surface area (Å²) in [5.41, 5.74) is 0.199. The maximum atomic E-state index is 13.0. The molecule has 1 aliphatic carbocycles. The average Bonchev–Trinajstić information content (AvgIpc) is 3.31. The van der Waals surface area contributed by atoms with Crippen LogP contribution in [0.5, 0.6) is 0 Å². The van der Waals surface area contributed by atoms with Gasteiger partial charge in [-0.2, -0.15) is 9.57 Å². The molecule has 124 valence electrons. The van der Waals surface area contributed by atoms with Crippen LogP contribution in [0.25, 0.3) is 0 Å². The summed E-state index contributed by atoms with van der Waals surface area (Å²) in [7, 11) is -3.79. The highest BCUT2D eigenvalue weighted by atomic mass is 32.2. The second kappa shape index (κ2) is 6.64. The smallest absolute Gasteiger partial charge is 0.258 e. The van der Waals surface area contributed by atoms with Crippen molar-refractivity contribution in [3.05, 3.63) is 33.9 Å². The van der Waals surface area contributed by atoms with Crippen LogP contribution in [0.2, 0.25) is 0 Å². The molecule has 1 aromatic rings. The largest absolute Gasteiger partial charge is 0.269 e. The van der Waals surface area contributed by atoms with Crippen LogP contribution in [0.4, 0.5) is 5.69 Å². The van der Waals surface area contributed by atoms with E-state index in [1.165, 1.54) is 22.5 Å². The topological polar surface area (TPSA) is 104 Å². The Labute approximate surface area is 135 Å². The number of nitrogens with zero attached hydrogens (tertiary/aromatic N) is 3. The zero-order valence-electron chi connectivity index (χ0n) is 13.1. The van der Waals surface area contributed by atoms with Crippen LogP contribution in [-0.4, -0.2) is 30.2 Å². The molecule has 2 rings (SSSR count). The van der Waals surface area contributed by atoms with Crippen molar-refractivity contribution in [2.24, 2.45) is 5.92 Å². The van der Waals surface area contributed by atoms with Gasteiger partial charge in [0.25, 0.3) is 5.69 Å². The van der Waals surface area contributed by atoms with Crippen molar-refractivity contribution in [2.45, 2.75) is 44.0 Å². The first-order valence-electron chi connectivity index (χ1n) is 7.43. The molecule has 0 heterocycles. The number of benzene rings is 1. The van der Waals surface area contributed by atoms with Gasteiger partial charge in [-0.05, 0) is 44.2 Å². The molecule has 0 bridgehead atoms. The number of non-ortho nitro benzene ring substituents is 1. The van der Waals surface area contributed by atoms with Crippen LogP contribution in [0.3, 0.4) is 0 Å². The molecule has 1 aliphatic rings. The maximum Gasteiger partial charge on any atom is 0.269 e. The molecule has 0 radical (unpaired) electrons. The summed E-state index contributed by atoms with van der Waals surface area (Å²) in [5, 5.41) is 19.6. The summed E-state index contributed by atoms with van der Waals surface area (Å²) in [5.74, 6) is 0.321. The number of aryl methyl sites for hydroxylation is 1. The quantitative estimate of drug-likeness (QED) is 0.562. The predicted octanol–water partition coefficient (Wildman–Crippen LogP) is 2.61. The summed E-state index contributed by atoms with van der Waals surface area (Å²) < 4.78 is 27.3. The number of rotatable bonds is 7. The summed E-state index contributed by atoms with van der Waals surface area (Å²) in [4.78, 5) is 10.3. The Morgan fingerprint density at radius 1 is 1.48 bits per heavy atom. The van der Waals surface area contributed by atoms with Gasteiger partial charge in [0.15, 0.2) is 0 Å². The summed E-state index contributed by atoms with van der Waals surface area (Å²) in [6, 6.07) is 5.54. The predicted molar refractivity (Wildman–Crippen MR) is 84.1 cm³/mol. The van der Waals surface area contributed by atoms with E-state index in [1.54, 1.807) is 6.92 Å². The van der Waals surface area contributed by atoms with Crippen molar-refractivity contribution in [1.82, 2.24) is 4.31 Å². The Hall–Kier alpha value is -1.98. The van der Waals surface area contributed by atoms with E-state index in [0.29, 0.717) is 11.5 Å². The zero-order valence-corrected chi connectivity index (χ0v) is 13.9. The number of hydrogen-bond acceptors (Lipinski definition) is 5. The maximum absolute atomic E-state index is 13.0. The minimum Gasteiger partial charge on any atom is -0.258 e. The van der Waals surface area contributed by atoms with E-state index in [-0.39, 0.29) is 29.6 Å². The molecule has 0 aliphatic heterocycles. The average molecular weight is 337 g/mol. The Balaban J connectivity index is 2.40. The van der Waals surface area contributed by atoms with Gasteiger partial charge in [0, 0.05) is 31.1 Å². The lowest BCUT2D eigenvalue weighted by atomic mass is 10.2. The van der Waals surface area contributed by atoms with Crippen molar-refractivity contribution in [2.75, 3.05) is 6.54 Å². The Bertz CT molecular complexity index is 750. The fourth-order valence-electron chi connectivity index (χ4n) is 2.68. The van der Waals surface area contributed by atoms with E-state index >= 15 is 0 Å². The third kappa shape index (κ3) is 3.68. The highest BCUT2D eigenvalue weighted by Gasteiger charge is 2.38. The molecule has 0 aromatic heterocycles. The minimum atomic E-state index is -3.79. The van der Waals surface area contributed by atoms with E-state index in [0.717, 1.165) is 12.8 Å².